The summed E-state index contributed by atoms with van der Waals surface area (Å²) in [5, 5.41) is 3.59. The van der Waals surface area contributed by atoms with Gasteiger partial charge in [0.2, 0.25) is 0 Å². The van der Waals surface area contributed by atoms with Crippen LogP contribution in [0, 0.1) is 0 Å². The van der Waals surface area contributed by atoms with Crippen LogP contribution < -0.4 is 10.2 Å². The maximum Gasteiger partial charge on any atom is 0.0369 e. The lowest BCUT2D eigenvalue weighted by Crippen LogP contribution is -2.45. The molecule has 2 nitrogen and oxygen atoms in total. The Bertz CT molecular complexity index is 598. The fourth-order valence-electron chi connectivity index (χ4n) is 3.04. The van der Waals surface area contributed by atoms with E-state index in [1.807, 2.05) is 0 Å². The SMILES string of the molecule is c1ccc(C2CN(c3cccc(CNC4CC4)c3)C2)cc1. The first-order valence-electron chi connectivity index (χ1n) is 8.01. The molecule has 0 radical (unpaired) electrons. The number of benzene rings is 2. The molecule has 0 spiro atoms. The largest absolute Gasteiger partial charge is 0.370 e. The van der Waals surface area contributed by atoms with Crippen molar-refractivity contribution in [3.05, 3.63) is 65.7 Å². The predicted molar refractivity (Wildman–Crippen MR) is 87.7 cm³/mol. The van der Waals surface area contributed by atoms with Gasteiger partial charge in [0.05, 0.1) is 0 Å². The Morgan fingerprint density at radius 2 is 1.76 bits per heavy atom. The van der Waals surface area contributed by atoms with Gasteiger partial charge in [0.25, 0.3) is 0 Å². The van der Waals surface area contributed by atoms with E-state index in [2.05, 4.69) is 64.8 Å². The normalized spacial score (nSPS) is 18.6. The van der Waals surface area contributed by atoms with Crippen LogP contribution in [0.5, 0.6) is 0 Å². The topological polar surface area (TPSA) is 15.3 Å². The first-order valence-corrected chi connectivity index (χ1v) is 8.01. The Kier molecular flexibility index (Phi) is 3.40. The maximum absolute atomic E-state index is 3.59. The lowest BCUT2D eigenvalue weighted by Gasteiger charge is -2.41. The second-order valence-electron chi connectivity index (χ2n) is 6.34. The predicted octanol–water partition coefficient (Wildman–Crippen LogP) is 3.54. The molecule has 1 N–H and O–H groups in total. The van der Waals surface area contributed by atoms with Gasteiger partial charge in [-0.3, -0.25) is 0 Å². The van der Waals surface area contributed by atoms with Crippen LogP contribution in [0.25, 0.3) is 0 Å². The van der Waals surface area contributed by atoms with Gasteiger partial charge < -0.3 is 10.2 Å². The minimum Gasteiger partial charge on any atom is -0.370 e. The summed E-state index contributed by atoms with van der Waals surface area (Å²) in [4.78, 5) is 2.48. The van der Waals surface area contributed by atoms with Crippen LogP contribution in [0.2, 0.25) is 0 Å². The molecule has 2 heteroatoms. The van der Waals surface area contributed by atoms with E-state index in [1.54, 1.807) is 0 Å². The molecule has 2 aromatic carbocycles. The van der Waals surface area contributed by atoms with Crippen LogP contribution in [-0.2, 0) is 6.54 Å². The second kappa shape index (κ2) is 5.53. The number of anilines is 1. The van der Waals surface area contributed by atoms with Crippen molar-refractivity contribution in [3.63, 3.8) is 0 Å². The Balaban J connectivity index is 1.38. The van der Waals surface area contributed by atoms with Crippen molar-refractivity contribution in [2.24, 2.45) is 0 Å². The fraction of sp³-hybridized carbons (Fsp3) is 0.368. The smallest absolute Gasteiger partial charge is 0.0369 e. The molecule has 0 bridgehead atoms. The summed E-state index contributed by atoms with van der Waals surface area (Å²) in [7, 11) is 0. The summed E-state index contributed by atoms with van der Waals surface area (Å²) in [6.07, 6.45) is 2.70. The third-order valence-corrected chi connectivity index (χ3v) is 4.60. The zero-order valence-electron chi connectivity index (χ0n) is 12.3. The van der Waals surface area contributed by atoms with Crippen LogP contribution >= 0.6 is 0 Å². The van der Waals surface area contributed by atoms with E-state index >= 15 is 0 Å². The Morgan fingerprint density at radius 1 is 0.952 bits per heavy atom. The minimum atomic E-state index is 0.694. The number of nitrogens with zero attached hydrogens (tertiary/aromatic N) is 1. The van der Waals surface area contributed by atoms with E-state index in [4.69, 9.17) is 0 Å². The molecule has 1 saturated carbocycles. The molecule has 108 valence electrons. The second-order valence-corrected chi connectivity index (χ2v) is 6.34. The molecule has 1 saturated heterocycles. The average Bonchev–Trinajstić information content (AvgIpc) is 3.30. The number of hydrogen-bond acceptors (Lipinski definition) is 2. The quantitative estimate of drug-likeness (QED) is 0.900. The zero-order valence-corrected chi connectivity index (χ0v) is 12.3. The lowest BCUT2D eigenvalue weighted by molar-refractivity contribution is 0.525. The Morgan fingerprint density at radius 3 is 2.52 bits per heavy atom. The number of hydrogen-bond donors (Lipinski definition) is 1. The molecule has 2 fully saturated rings. The summed E-state index contributed by atoms with van der Waals surface area (Å²) >= 11 is 0. The third-order valence-electron chi connectivity index (χ3n) is 4.60. The summed E-state index contributed by atoms with van der Waals surface area (Å²) in [6.45, 7) is 3.29. The molecule has 1 heterocycles. The zero-order chi connectivity index (χ0) is 14.1. The highest BCUT2D eigenvalue weighted by Gasteiger charge is 2.28. The van der Waals surface area contributed by atoms with Gasteiger partial charge in [0.15, 0.2) is 0 Å². The fourth-order valence-corrected chi connectivity index (χ4v) is 3.04. The highest BCUT2D eigenvalue weighted by atomic mass is 15.2. The standard InChI is InChI=1S/C19H22N2/c1-2-6-16(7-3-1)17-13-21(14-17)19-8-4-5-15(11-19)12-20-18-9-10-18/h1-8,11,17-18,20H,9-10,12-14H2. The van der Waals surface area contributed by atoms with Gasteiger partial charge in [-0.05, 0) is 36.1 Å². The summed E-state index contributed by atoms with van der Waals surface area (Å²) in [6, 6.07) is 20.7. The van der Waals surface area contributed by atoms with Crippen LogP contribution in [-0.4, -0.2) is 19.1 Å². The molecule has 4 rings (SSSR count). The van der Waals surface area contributed by atoms with Crippen LogP contribution in [0.4, 0.5) is 5.69 Å². The highest BCUT2D eigenvalue weighted by molar-refractivity contribution is 5.52. The molecular formula is C19H22N2. The van der Waals surface area contributed by atoms with E-state index in [0.29, 0.717) is 5.92 Å². The number of rotatable bonds is 5. The van der Waals surface area contributed by atoms with Crippen molar-refractivity contribution in [1.29, 1.82) is 0 Å². The first kappa shape index (κ1) is 12.9. The summed E-state index contributed by atoms with van der Waals surface area (Å²) in [5.41, 5.74) is 4.25. The van der Waals surface area contributed by atoms with Gasteiger partial charge in [-0.1, -0.05) is 42.5 Å². The van der Waals surface area contributed by atoms with Crippen molar-refractivity contribution in [3.8, 4) is 0 Å². The lowest BCUT2D eigenvalue weighted by atomic mass is 9.91. The third kappa shape index (κ3) is 2.96. The summed E-state index contributed by atoms with van der Waals surface area (Å²) in [5.74, 6) is 0.694. The molecule has 2 aliphatic rings. The average molecular weight is 278 g/mol. The van der Waals surface area contributed by atoms with Gasteiger partial charge in [0.1, 0.15) is 0 Å². The molecule has 2 aromatic rings. The van der Waals surface area contributed by atoms with E-state index in [-0.39, 0.29) is 0 Å². The van der Waals surface area contributed by atoms with Gasteiger partial charge >= 0.3 is 0 Å². The minimum absolute atomic E-state index is 0.694. The number of nitrogens with one attached hydrogen (secondary N) is 1. The maximum atomic E-state index is 3.59. The van der Waals surface area contributed by atoms with Gasteiger partial charge in [-0.25, -0.2) is 0 Å². The molecule has 0 atom stereocenters. The molecule has 1 aliphatic carbocycles. The monoisotopic (exact) mass is 278 g/mol. The molecule has 1 aliphatic heterocycles. The molecular weight excluding hydrogens is 256 g/mol. The van der Waals surface area contributed by atoms with Crippen molar-refractivity contribution in [1.82, 2.24) is 5.32 Å². The Labute approximate surface area is 126 Å². The van der Waals surface area contributed by atoms with Gasteiger partial charge in [0, 0.05) is 37.3 Å². The van der Waals surface area contributed by atoms with Crippen molar-refractivity contribution < 1.29 is 0 Å². The Hall–Kier alpha value is -1.80. The molecule has 0 unspecified atom stereocenters. The van der Waals surface area contributed by atoms with Crippen LogP contribution in [0.1, 0.15) is 29.9 Å². The first-order chi connectivity index (χ1) is 10.4. The van der Waals surface area contributed by atoms with Crippen molar-refractivity contribution in [2.45, 2.75) is 31.3 Å². The van der Waals surface area contributed by atoms with E-state index < -0.39 is 0 Å². The van der Waals surface area contributed by atoms with Crippen molar-refractivity contribution in [2.75, 3.05) is 18.0 Å². The van der Waals surface area contributed by atoms with Crippen LogP contribution in [0.3, 0.4) is 0 Å². The van der Waals surface area contributed by atoms with Crippen LogP contribution in [0.15, 0.2) is 54.6 Å². The van der Waals surface area contributed by atoms with E-state index in [0.717, 1.165) is 25.7 Å². The molecule has 21 heavy (non-hydrogen) atoms. The van der Waals surface area contributed by atoms with E-state index in [1.165, 1.54) is 29.7 Å². The van der Waals surface area contributed by atoms with Gasteiger partial charge in [-0.2, -0.15) is 0 Å². The molecule has 0 amide bonds. The highest BCUT2D eigenvalue weighted by Crippen LogP contribution is 2.31. The van der Waals surface area contributed by atoms with E-state index in [9.17, 15) is 0 Å². The van der Waals surface area contributed by atoms with Gasteiger partial charge in [-0.15, -0.1) is 0 Å². The molecule has 0 aromatic heterocycles. The summed E-state index contributed by atoms with van der Waals surface area (Å²) < 4.78 is 0. The van der Waals surface area contributed by atoms with Crippen molar-refractivity contribution >= 4 is 5.69 Å².